The molecule has 200 valence electrons. The highest BCUT2D eigenvalue weighted by Crippen LogP contribution is 2.44. The number of nitrogens with zero attached hydrogens (tertiary/aromatic N) is 2. The normalized spacial score (nSPS) is 19.0. The summed E-state index contributed by atoms with van der Waals surface area (Å²) in [6, 6.07) is 7.14. The van der Waals surface area contributed by atoms with Gasteiger partial charge in [0.25, 0.3) is 0 Å². The molecule has 3 rings (SSSR count). The molecular formula is C34H54N2. The predicted molar refractivity (Wildman–Crippen MR) is 159 cm³/mol. The summed E-state index contributed by atoms with van der Waals surface area (Å²) in [5.41, 5.74) is 7.79. The van der Waals surface area contributed by atoms with Crippen LogP contribution in [0.25, 0.3) is 0 Å². The highest BCUT2D eigenvalue weighted by atomic mass is 15.4. The summed E-state index contributed by atoms with van der Waals surface area (Å²) < 4.78 is 0. The van der Waals surface area contributed by atoms with E-state index < -0.39 is 0 Å². The number of rotatable bonds is 13. The molecule has 1 unspecified atom stereocenters. The van der Waals surface area contributed by atoms with Gasteiger partial charge in [0.1, 0.15) is 0 Å². The van der Waals surface area contributed by atoms with Crippen LogP contribution in [0.2, 0.25) is 0 Å². The minimum Gasteiger partial charge on any atom is -0.331 e. The van der Waals surface area contributed by atoms with Gasteiger partial charge >= 0.3 is 0 Å². The lowest BCUT2D eigenvalue weighted by atomic mass is 9.77. The van der Waals surface area contributed by atoms with Gasteiger partial charge in [0.2, 0.25) is 0 Å². The van der Waals surface area contributed by atoms with E-state index >= 15 is 0 Å². The van der Waals surface area contributed by atoms with E-state index in [1.165, 1.54) is 57.1 Å². The van der Waals surface area contributed by atoms with Crippen LogP contribution in [0.15, 0.2) is 54.0 Å². The van der Waals surface area contributed by atoms with Gasteiger partial charge in [-0.3, -0.25) is 0 Å². The van der Waals surface area contributed by atoms with E-state index in [1.807, 2.05) is 0 Å². The summed E-state index contributed by atoms with van der Waals surface area (Å²) in [4.78, 5) is 5.21. The van der Waals surface area contributed by atoms with Crippen LogP contribution in [0.1, 0.15) is 130 Å². The smallest absolute Gasteiger partial charge is 0.0986 e. The molecule has 2 heteroatoms. The number of anilines is 1. The molecule has 2 nitrogen and oxygen atoms in total. The van der Waals surface area contributed by atoms with Crippen molar-refractivity contribution in [3.05, 3.63) is 65.1 Å². The number of para-hydroxylation sites is 1. The van der Waals surface area contributed by atoms with Crippen LogP contribution in [-0.2, 0) is 0 Å². The average molecular weight is 491 g/mol. The van der Waals surface area contributed by atoms with Crippen LogP contribution < -0.4 is 4.90 Å². The third-order valence-electron chi connectivity index (χ3n) is 9.37. The molecule has 36 heavy (non-hydrogen) atoms. The van der Waals surface area contributed by atoms with E-state index in [1.54, 1.807) is 22.4 Å². The predicted octanol–water partition coefficient (Wildman–Crippen LogP) is 10.4. The first-order valence-electron chi connectivity index (χ1n) is 15.2. The van der Waals surface area contributed by atoms with Gasteiger partial charge in [0.15, 0.2) is 0 Å². The van der Waals surface area contributed by atoms with E-state index in [-0.39, 0.29) is 0 Å². The first kappa shape index (κ1) is 28.6. The lowest BCUT2D eigenvalue weighted by Crippen LogP contribution is -2.33. The first-order valence-corrected chi connectivity index (χ1v) is 15.2. The second kappa shape index (κ2) is 13.5. The van der Waals surface area contributed by atoms with Gasteiger partial charge in [-0.2, -0.15) is 0 Å². The molecule has 1 aliphatic carbocycles. The molecule has 1 aromatic rings. The fraction of sp³-hybridized carbons (Fsp3) is 0.647. The molecule has 0 radical (unpaired) electrons. The Balaban J connectivity index is 2.08. The SMILES string of the molecule is CCC(CC)C1=C(N2C=CN(c3c(C(CC)CC)cccc3C(CC)CC)C2)[C@@H](C(C)CC)CC=C1. The quantitative estimate of drug-likeness (QED) is 0.271. The van der Waals surface area contributed by atoms with Crippen molar-refractivity contribution in [3.63, 3.8) is 0 Å². The maximum absolute atomic E-state index is 2.62. The summed E-state index contributed by atoms with van der Waals surface area (Å²) in [5.74, 6) is 3.16. The molecule has 0 saturated heterocycles. The van der Waals surface area contributed by atoms with Crippen molar-refractivity contribution in [1.29, 1.82) is 0 Å². The maximum Gasteiger partial charge on any atom is 0.0986 e. The lowest BCUT2D eigenvalue weighted by Gasteiger charge is -2.38. The highest BCUT2D eigenvalue weighted by Gasteiger charge is 2.33. The van der Waals surface area contributed by atoms with Crippen molar-refractivity contribution in [3.8, 4) is 0 Å². The summed E-state index contributed by atoms with van der Waals surface area (Å²) in [6.45, 7) is 19.9. The molecule has 2 atom stereocenters. The summed E-state index contributed by atoms with van der Waals surface area (Å²) in [7, 11) is 0. The van der Waals surface area contributed by atoms with E-state index in [2.05, 4.69) is 108 Å². The number of hydrogen-bond acceptors (Lipinski definition) is 2. The largest absolute Gasteiger partial charge is 0.331 e. The Kier molecular flexibility index (Phi) is 10.8. The van der Waals surface area contributed by atoms with Crippen LogP contribution in [0.3, 0.4) is 0 Å². The molecule has 0 fully saturated rings. The summed E-state index contributed by atoms with van der Waals surface area (Å²) in [5, 5.41) is 0. The minimum absolute atomic E-state index is 0.605. The Bertz CT molecular complexity index is 881. The molecule has 0 aromatic heterocycles. The Labute approximate surface area is 223 Å². The Morgan fingerprint density at radius 2 is 1.25 bits per heavy atom. The van der Waals surface area contributed by atoms with Crippen molar-refractivity contribution in [2.24, 2.45) is 17.8 Å². The molecule has 2 aliphatic rings. The van der Waals surface area contributed by atoms with Crippen molar-refractivity contribution >= 4 is 5.69 Å². The fourth-order valence-electron chi connectivity index (χ4n) is 6.74. The van der Waals surface area contributed by atoms with Crippen molar-refractivity contribution in [2.45, 2.75) is 119 Å². The van der Waals surface area contributed by atoms with Crippen LogP contribution >= 0.6 is 0 Å². The molecule has 0 spiro atoms. The first-order chi connectivity index (χ1) is 17.5. The highest BCUT2D eigenvalue weighted by molar-refractivity contribution is 5.65. The molecule has 0 bridgehead atoms. The van der Waals surface area contributed by atoms with Crippen molar-refractivity contribution in [2.75, 3.05) is 11.6 Å². The molecule has 1 aromatic carbocycles. The van der Waals surface area contributed by atoms with Gasteiger partial charge in [-0.1, -0.05) is 92.2 Å². The molecule has 1 heterocycles. The molecule has 0 amide bonds. The van der Waals surface area contributed by atoms with Gasteiger partial charge in [0.05, 0.1) is 6.67 Å². The standard InChI is InChI=1S/C34H54N2/c1-9-25(8)29-18-16-19-30(26(10-2)11-3)33(29)35-22-23-36(24-35)34-31(27(12-4)13-5)20-17-21-32(34)28(14-6)15-7/h16-17,19-23,25-29H,9-15,18,24H2,1-8H3/t25?,29-/m1/s1. The zero-order valence-corrected chi connectivity index (χ0v) is 24.7. The third kappa shape index (κ3) is 5.79. The molecule has 0 saturated carbocycles. The topological polar surface area (TPSA) is 6.48 Å². The van der Waals surface area contributed by atoms with Gasteiger partial charge in [-0.15, -0.1) is 0 Å². The third-order valence-corrected chi connectivity index (χ3v) is 9.37. The monoisotopic (exact) mass is 490 g/mol. The zero-order chi connectivity index (χ0) is 26.2. The number of benzene rings is 1. The molecule has 0 N–H and O–H groups in total. The van der Waals surface area contributed by atoms with E-state index in [0.29, 0.717) is 29.6 Å². The fourth-order valence-corrected chi connectivity index (χ4v) is 6.74. The minimum atomic E-state index is 0.605. The maximum atomic E-state index is 2.62. The second-order valence-electron chi connectivity index (χ2n) is 11.2. The van der Waals surface area contributed by atoms with Crippen molar-refractivity contribution in [1.82, 2.24) is 4.90 Å². The van der Waals surface area contributed by atoms with Crippen molar-refractivity contribution < 1.29 is 0 Å². The Morgan fingerprint density at radius 1 is 0.722 bits per heavy atom. The Hall–Kier alpha value is -1.96. The van der Waals surface area contributed by atoms with E-state index in [0.717, 1.165) is 6.67 Å². The summed E-state index contributed by atoms with van der Waals surface area (Å²) in [6.07, 6.45) is 19.3. The van der Waals surface area contributed by atoms with Crippen LogP contribution in [0, 0.1) is 17.8 Å². The molecular weight excluding hydrogens is 436 g/mol. The van der Waals surface area contributed by atoms with Gasteiger partial charge in [-0.05, 0) is 85.3 Å². The number of hydrogen-bond donors (Lipinski definition) is 0. The Morgan fingerprint density at radius 3 is 1.75 bits per heavy atom. The van der Waals surface area contributed by atoms with E-state index in [9.17, 15) is 0 Å². The van der Waals surface area contributed by atoms with E-state index in [4.69, 9.17) is 0 Å². The van der Waals surface area contributed by atoms with Gasteiger partial charge in [0, 0.05) is 29.7 Å². The van der Waals surface area contributed by atoms with Crippen LogP contribution in [-0.4, -0.2) is 11.6 Å². The summed E-state index contributed by atoms with van der Waals surface area (Å²) >= 11 is 0. The second-order valence-corrected chi connectivity index (χ2v) is 11.2. The van der Waals surface area contributed by atoms with Crippen LogP contribution in [0.5, 0.6) is 0 Å². The van der Waals surface area contributed by atoms with Gasteiger partial charge in [-0.25, -0.2) is 0 Å². The lowest BCUT2D eigenvalue weighted by molar-refractivity contribution is 0.310. The molecule has 1 aliphatic heterocycles. The van der Waals surface area contributed by atoms with Gasteiger partial charge < -0.3 is 9.80 Å². The van der Waals surface area contributed by atoms with Crippen LogP contribution in [0.4, 0.5) is 5.69 Å². The number of allylic oxidation sites excluding steroid dienone is 4. The average Bonchev–Trinajstić information content (AvgIpc) is 3.40. The zero-order valence-electron chi connectivity index (χ0n) is 24.7.